The molecule has 0 aliphatic heterocycles. The van der Waals surface area contributed by atoms with Crippen LogP contribution in [-0.2, 0) is 0 Å². The molecule has 0 aliphatic rings. The minimum Gasteiger partial charge on any atom is -0.493 e. The molecule has 7 nitrogen and oxygen atoms in total. The lowest BCUT2D eigenvalue weighted by atomic mass is 10.0. The Morgan fingerprint density at radius 3 is 2.71 bits per heavy atom. The number of benzene rings is 2. The molecule has 8 heteroatoms. The summed E-state index contributed by atoms with van der Waals surface area (Å²) in [5.41, 5.74) is 8.55. The number of fused-ring (bicyclic) bond motifs is 1. The van der Waals surface area contributed by atoms with Crippen LogP contribution in [0.2, 0.25) is 5.02 Å². The van der Waals surface area contributed by atoms with Gasteiger partial charge < -0.3 is 16.2 Å². The Balaban J connectivity index is 1.82. The predicted molar refractivity (Wildman–Crippen MR) is 108 cm³/mol. The standard InChI is InChI=1S/C20H14ClN5O2/c21-12-5-6-16-14(10-12)18(26-20(22)25-16)13-3-1-2-4-15(13)24-19(28)11-7-8-23-17(27)9-11/h1-10H,(H,23,27)(H,24,28)(H2,22,25,26). The van der Waals surface area contributed by atoms with Gasteiger partial charge in [0.15, 0.2) is 0 Å². The smallest absolute Gasteiger partial charge is 0.255 e. The molecule has 0 spiro atoms. The van der Waals surface area contributed by atoms with Crippen LogP contribution in [0, 0.1) is 0 Å². The summed E-state index contributed by atoms with van der Waals surface area (Å²) in [4.78, 5) is 24.9. The van der Waals surface area contributed by atoms with Crippen LogP contribution in [0.25, 0.3) is 22.2 Å². The Labute approximate surface area is 164 Å². The molecule has 2 heterocycles. The van der Waals surface area contributed by atoms with Crippen LogP contribution in [0.4, 0.5) is 11.6 Å². The second kappa shape index (κ2) is 7.13. The van der Waals surface area contributed by atoms with E-state index in [-0.39, 0.29) is 17.4 Å². The number of hydrogen-bond donors (Lipinski definition) is 3. The van der Waals surface area contributed by atoms with Crippen molar-refractivity contribution in [2.24, 2.45) is 0 Å². The number of anilines is 2. The zero-order valence-electron chi connectivity index (χ0n) is 14.4. The highest BCUT2D eigenvalue weighted by molar-refractivity contribution is 6.31. The van der Waals surface area contributed by atoms with Gasteiger partial charge in [-0.25, -0.2) is 15.0 Å². The topological polar surface area (TPSA) is 114 Å². The van der Waals surface area contributed by atoms with Gasteiger partial charge in [-0.15, -0.1) is 0 Å². The van der Waals surface area contributed by atoms with Gasteiger partial charge in [0.2, 0.25) is 11.8 Å². The molecule has 0 bridgehead atoms. The van der Waals surface area contributed by atoms with E-state index in [1.54, 1.807) is 30.3 Å². The van der Waals surface area contributed by atoms with Crippen molar-refractivity contribution >= 4 is 40.0 Å². The van der Waals surface area contributed by atoms with E-state index in [2.05, 4.69) is 20.3 Å². The van der Waals surface area contributed by atoms with Crippen LogP contribution >= 0.6 is 11.6 Å². The molecule has 4 aromatic rings. The Bertz CT molecular complexity index is 1210. The minimum atomic E-state index is -0.394. The van der Waals surface area contributed by atoms with Crippen molar-refractivity contribution in [3.63, 3.8) is 0 Å². The molecule has 0 unspecified atom stereocenters. The molecule has 0 saturated carbocycles. The first-order chi connectivity index (χ1) is 13.5. The van der Waals surface area contributed by atoms with Crippen LogP contribution in [0.15, 0.2) is 60.8 Å². The molecule has 0 radical (unpaired) electrons. The number of amides is 1. The van der Waals surface area contributed by atoms with Gasteiger partial charge in [-0.3, -0.25) is 4.79 Å². The van der Waals surface area contributed by atoms with Gasteiger partial charge in [0.05, 0.1) is 16.9 Å². The molecule has 0 aliphatic carbocycles. The summed E-state index contributed by atoms with van der Waals surface area (Å²) in [6.07, 6.45) is 1.36. The molecule has 1 amide bonds. The van der Waals surface area contributed by atoms with Crippen molar-refractivity contribution in [1.29, 1.82) is 0 Å². The highest BCUT2D eigenvalue weighted by Crippen LogP contribution is 2.33. The molecule has 4 N–H and O–H groups in total. The Morgan fingerprint density at radius 1 is 1.07 bits per heavy atom. The molecule has 4 rings (SSSR count). The van der Waals surface area contributed by atoms with Crippen LogP contribution in [0.3, 0.4) is 0 Å². The van der Waals surface area contributed by atoms with Gasteiger partial charge in [0.1, 0.15) is 0 Å². The zero-order valence-corrected chi connectivity index (χ0v) is 15.2. The van der Waals surface area contributed by atoms with E-state index in [1.807, 2.05) is 12.1 Å². The zero-order chi connectivity index (χ0) is 19.7. The second-order valence-electron chi connectivity index (χ2n) is 5.99. The first-order valence-corrected chi connectivity index (χ1v) is 8.67. The molecule has 138 valence electrons. The van der Waals surface area contributed by atoms with Crippen molar-refractivity contribution in [1.82, 2.24) is 15.0 Å². The summed E-state index contributed by atoms with van der Waals surface area (Å²) < 4.78 is 0. The normalized spacial score (nSPS) is 10.8. The molecule has 2 aromatic heterocycles. The van der Waals surface area contributed by atoms with Crippen molar-refractivity contribution in [2.45, 2.75) is 0 Å². The fourth-order valence-electron chi connectivity index (χ4n) is 2.88. The van der Waals surface area contributed by atoms with E-state index in [1.165, 1.54) is 18.3 Å². The lowest BCUT2D eigenvalue weighted by Gasteiger charge is -2.13. The Hall–Kier alpha value is -3.71. The third-order valence-electron chi connectivity index (χ3n) is 4.11. The molecule has 2 aromatic carbocycles. The first-order valence-electron chi connectivity index (χ1n) is 8.30. The van der Waals surface area contributed by atoms with E-state index in [0.717, 1.165) is 0 Å². The summed E-state index contributed by atoms with van der Waals surface area (Å²) in [7, 11) is 0. The van der Waals surface area contributed by atoms with Crippen molar-refractivity contribution in [3.05, 3.63) is 71.4 Å². The average molecular weight is 392 g/mol. The number of aromatic hydroxyl groups is 1. The fourth-order valence-corrected chi connectivity index (χ4v) is 3.05. The third kappa shape index (κ3) is 3.43. The summed E-state index contributed by atoms with van der Waals surface area (Å²) >= 11 is 6.15. The predicted octanol–water partition coefficient (Wildman–Crippen LogP) is 3.89. The number of nitrogens with zero attached hydrogens (tertiary/aromatic N) is 3. The summed E-state index contributed by atoms with van der Waals surface area (Å²) in [5.74, 6) is -0.510. The van der Waals surface area contributed by atoms with Crippen LogP contribution in [0.5, 0.6) is 5.88 Å². The monoisotopic (exact) mass is 391 g/mol. The van der Waals surface area contributed by atoms with Crippen molar-refractivity contribution in [2.75, 3.05) is 11.1 Å². The number of nitrogens with one attached hydrogen (secondary N) is 1. The van der Waals surface area contributed by atoms with Crippen LogP contribution in [-0.4, -0.2) is 26.0 Å². The molecule has 0 fully saturated rings. The van der Waals surface area contributed by atoms with Crippen molar-refractivity contribution < 1.29 is 9.90 Å². The summed E-state index contributed by atoms with van der Waals surface area (Å²) in [6, 6.07) is 15.2. The highest BCUT2D eigenvalue weighted by atomic mass is 35.5. The number of nitrogens with two attached hydrogens (primary N) is 1. The van der Waals surface area contributed by atoms with Gasteiger partial charge in [-0.05, 0) is 30.3 Å². The number of halogens is 1. The number of aromatic nitrogens is 3. The molecular formula is C20H14ClN5O2. The highest BCUT2D eigenvalue weighted by Gasteiger charge is 2.15. The van der Waals surface area contributed by atoms with Crippen LogP contribution in [0.1, 0.15) is 10.4 Å². The molecule has 28 heavy (non-hydrogen) atoms. The maximum absolute atomic E-state index is 12.6. The maximum atomic E-state index is 12.6. The summed E-state index contributed by atoms with van der Waals surface area (Å²) in [6.45, 7) is 0. The maximum Gasteiger partial charge on any atom is 0.255 e. The minimum absolute atomic E-state index is 0.116. The average Bonchev–Trinajstić information content (AvgIpc) is 2.68. The second-order valence-corrected chi connectivity index (χ2v) is 6.43. The summed E-state index contributed by atoms with van der Waals surface area (Å²) in [5, 5.41) is 13.6. The number of carbonyl (C=O) groups is 1. The SMILES string of the molecule is Nc1nc(-c2ccccc2NC(=O)c2ccnc(O)c2)c2cc(Cl)ccc2n1. The lowest BCUT2D eigenvalue weighted by molar-refractivity contribution is 0.102. The number of nitrogen functional groups attached to an aromatic ring is 1. The van der Waals surface area contributed by atoms with Gasteiger partial charge in [-0.1, -0.05) is 29.8 Å². The number of carbonyl (C=O) groups excluding carboxylic acids is 1. The van der Waals surface area contributed by atoms with Gasteiger partial charge in [0, 0.05) is 33.8 Å². The van der Waals surface area contributed by atoms with E-state index in [9.17, 15) is 9.90 Å². The fraction of sp³-hybridized carbons (Fsp3) is 0. The van der Waals surface area contributed by atoms with E-state index in [4.69, 9.17) is 17.3 Å². The number of hydrogen-bond acceptors (Lipinski definition) is 6. The van der Waals surface area contributed by atoms with E-state index in [0.29, 0.717) is 32.9 Å². The Morgan fingerprint density at radius 2 is 1.89 bits per heavy atom. The lowest BCUT2D eigenvalue weighted by Crippen LogP contribution is -2.13. The molecule has 0 atom stereocenters. The van der Waals surface area contributed by atoms with Gasteiger partial charge >= 0.3 is 0 Å². The third-order valence-corrected chi connectivity index (χ3v) is 4.35. The quantitative estimate of drug-likeness (QED) is 0.488. The van der Waals surface area contributed by atoms with Crippen LogP contribution < -0.4 is 11.1 Å². The Kier molecular flexibility index (Phi) is 4.50. The number of para-hydroxylation sites is 1. The van der Waals surface area contributed by atoms with Gasteiger partial charge in [0.25, 0.3) is 5.91 Å². The van der Waals surface area contributed by atoms with E-state index < -0.39 is 5.91 Å². The van der Waals surface area contributed by atoms with Crippen molar-refractivity contribution in [3.8, 4) is 17.1 Å². The van der Waals surface area contributed by atoms with E-state index >= 15 is 0 Å². The van der Waals surface area contributed by atoms with Gasteiger partial charge in [-0.2, -0.15) is 0 Å². The largest absolute Gasteiger partial charge is 0.493 e. The molecule has 0 saturated heterocycles. The first kappa shape index (κ1) is 17.7. The molecular weight excluding hydrogens is 378 g/mol. The number of pyridine rings is 1. The number of rotatable bonds is 3.